The number of hydrogen-bond donors (Lipinski definition) is 1. The van der Waals surface area contributed by atoms with E-state index in [1.54, 1.807) is 60.8 Å². The lowest BCUT2D eigenvalue weighted by atomic mass is 9.91. The van der Waals surface area contributed by atoms with Crippen LogP contribution in [0.15, 0.2) is 65.8 Å². The third kappa shape index (κ3) is 7.80. The SMILES string of the molecule is COCCOCC12CN(S(=O)(=O)c3ccc4cc(Cl)ccc4c3)CC(=O)N1CC1(CCN(c3ccncc3)CC1)O2.CS(=O)(=O)O. The summed E-state index contributed by atoms with van der Waals surface area (Å²) in [4.78, 5) is 21.9. The number of amides is 1. The lowest BCUT2D eigenvalue weighted by Gasteiger charge is -2.45. The van der Waals surface area contributed by atoms with Crippen LogP contribution in [0.5, 0.6) is 0 Å². The number of sulfonamides is 1. The first-order valence-electron chi connectivity index (χ1n) is 14.6. The third-order valence-corrected chi connectivity index (χ3v) is 10.3. The Labute approximate surface area is 273 Å². The van der Waals surface area contributed by atoms with E-state index >= 15 is 0 Å². The maximum Gasteiger partial charge on any atom is 0.261 e. The van der Waals surface area contributed by atoms with Crippen LogP contribution in [-0.4, -0.2) is 119 Å². The monoisotopic (exact) mass is 696 g/mol. The van der Waals surface area contributed by atoms with Crippen LogP contribution in [-0.2, 0) is 39.1 Å². The van der Waals surface area contributed by atoms with Crippen molar-refractivity contribution in [3.8, 4) is 0 Å². The van der Waals surface area contributed by atoms with Gasteiger partial charge in [-0.15, -0.1) is 0 Å². The number of halogens is 1. The number of anilines is 1. The molecule has 46 heavy (non-hydrogen) atoms. The van der Waals surface area contributed by atoms with Crippen LogP contribution in [0.25, 0.3) is 10.8 Å². The molecule has 1 aromatic heterocycles. The van der Waals surface area contributed by atoms with E-state index < -0.39 is 31.5 Å². The minimum atomic E-state index is -4.02. The second-order valence-corrected chi connectivity index (χ2v) is 15.4. The Morgan fingerprint density at radius 2 is 1.63 bits per heavy atom. The third-order valence-electron chi connectivity index (χ3n) is 8.25. The number of rotatable bonds is 8. The molecule has 1 amide bonds. The van der Waals surface area contributed by atoms with Gasteiger partial charge in [0.1, 0.15) is 0 Å². The fraction of sp³-hybridized carbons (Fsp3) is 0.467. The van der Waals surface area contributed by atoms with Gasteiger partial charge >= 0.3 is 0 Å². The Hall–Kier alpha value is -2.89. The number of ether oxygens (including phenoxy) is 3. The number of aromatic nitrogens is 1. The minimum absolute atomic E-state index is 0.0253. The van der Waals surface area contributed by atoms with E-state index in [0.717, 1.165) is 29.5 Å². The Kier molecular flexibility index (Phi) is 10.2. The number of fused-ring (bicyclic) bond motifs is 2. The summed E-state index contributed by atoms with van der Waals surface area (Å²) in [6.45, 7) is 2.32. The highest BCUT2D eigenvalue weighted by Crippen LogP contribution is 2.44. The van der Waals surface area contributed by atoms with E-state index in [-0.39, 0.29) is 30.5 Å². The highest BCUT2D eigenvalue weighted by Gasteiger charge is 2.61. The van der Waals surface area contributed by atoms with E-state index in [2.05, 4.69) is 9.88 Å². The van der Waals surface area contributed by atoms with Crippen LogP contribution < -0.4 is 4.90 Å². The van der Waals surface area contributed by atoms with Gasteiger partial charge in [-0.1, -0.05) is 23.7 Å². The number of carbonyl (C=O) groups excluding carboxylic acids is 1. The van der Waals surface area contributed by atoms with Crippen molar-refractivity contribution in [3.05, 3.63) is 65.9 Å². The van der Waals surface area contributed by atoms with Gasteiger partial charge in [0.15, 0.2) is 5.72 Å². The van der Waals surface area contributed by atoms with Gasteiger partial charge < -0.3 is 24.0 Å². The molecule has 16 heteroatoms. The minimum Gasteiger partial charge on any atom is -0.382 e. The number of carbonyl (C=O) groups is 1. The highest BCUT2D eigenvalue weighted by molar-refractivity contribution is 7.89. The van der Waals surface area contributed by atoms with Crippen LogP contribution in [0.4, 0.5) is 5.69 Å². The van der Waals surface area contributed by atoms with E-state index in [4.69, 9.17) is 30.4 Å². The standard InChI is InChI=1S/C29H33ClN4O6S.CH4O3S/c1-38-14-15-39-21-29-20-33(41(36,37)26-5-3-22-16-24(30)4-2-23(22)17-26)18-27(35)34(29)19-28(40-29)8-12-32(13-9-28)25-6-10-31-11-7-25;1-5(2,3)4/h2-7,10-11,16-17H,8-9,12-15,18-21H2,1H3;1H3,(H,2,3,4). The molecular weight excluding hydrogens is 660 g/mol. The molecule has 6 rings (SSSR count). The molecule has 13 nitrogen and oxygen atoms in total. The Morgan fingerprint density at radius 1 is 0.978 bits per heavy atom. The van der Waals surface area contributed by atoms with Crippen LogP contribution >= 0.6 is 11.6 Å². The molecule has 0 radical (unpaired) electrons. The summed E-state index contributed by atoms with van der Waals surface area (Å²) < 4.78 is 72.8. The van der Waals surface area contributed by atoms with Gasteiger partial charge in [0.25, 0.3) is 10.1 Å². The molecule has 0 aliphatic carbocycles. The predicted molar refractivity (Wildman–Crippen MR) is 172 cm³/mol. The summed E-state index contributed by atoms with van der Waals surface area (Å²) in [5.41, 5.74) is -0.736. The van der Waals surface area contributed by atoms with Crippen molar-refractivity contribution in [2.24, 2.45) is 0 Å². The maximum atomic E-state index is 13.9. The molecule has 0 bridgehead atoms. The van der Waals surface area contributed by atoms with Crippen molar-refractivity contribution < 1.29 is 40.4 Å². The van der Waals surface area contributed by atoms with Crippen LogP contribution in [0.2, 0.25) is 5.02 Å². The molecule has 3 aliphatic heterocycles. The molecule has 1 unspecified atom stereocenters. The molecule has 250 valence electrons. The second-order valence-electron chi connectivity index (χ2n) is 11.6. The van der Waals surface area contributed by atoms with Gasteiger partial charge in [0.05, 0.1) is 56.2 Å². The molecule has 3 aliphatic rings. The molecular formula is C30H37ClN4O9S2. The smallest absolute Gasteiger partial charge is 0.261 e. The molecule has 4 heterocycles. The molecule has 1 spiro atoms. The number of piperazine rings is 1. The number of benzene rings is 2. The number of hydrogen-bond acceptors (Lipinski definition) is 10. The van der Waals surface area contributed by atoms with Crippen molar-refractivity contribution in [2.45, 2.75) is 29.1 Å². The van der Waals surface area contributed by atoms with Crippen molar-refractivity contribution in [1.29, 1.82) is 0 Å². The second kappa shape index (κ2) is 13.7. The summed E-state index contributed by atoms with van der Waals surface area (Å²) >= 11 is 6.11. The normalized spacial score (nSPS) is 21.7. The average Bonchev–Trinajstić information content (AvgIpc) is 3.33. The van der Waals surface area contributed by atoms with Crippen LogP contribution in [0, 0.1) is 0 Å². The zero-order valence-corrected chi connectivity index (χ0v) is 27.9. The van der Waals surface area contributed by atoms with Crippen molar-refractivity contribution >= 4 is 54.1 Å². The molecule has 0 saturated carbocycles. The Balaban J connectivity index is 0.000000775. The molecule has 2 aromatic carbocycles. The summed E-state index contributed by atoms with van der Waals surface area (Å²) in [5, 5.41) is 2.15. The van der Waals surface area contributed by atoms with E-state index in [0.29, 0.717) is 43.9 Å². The first-order valence-corrected chi connectivity index (χ1v) is 18.2. The summed E-state index contributed by atoms with van der Waals surface area (Å²) in [7, 11) is -6.10. The fourth-order valence-corrected chi connectivity index (χ4v) is 7.76. The van der Waals surface area contributed by atoms with Gasteiger partial charge in [-0.3, -0.25) is 14.3 Å². The van der Waals surface area contributed by atoms with Crippen molar-refractivity contribution in [1.82, 2.24) is 14.2 Å². The molecule has 3 saturated heterocycles. The molecule has 3 fully saturated rings. The van der Waals surface area contributed by atoms with Gasteiger partial charge in [-0.05, 0) is 60.0 Å². The topological polar surface area (TPSA) is 156 Å². The molecule has 3 aromatic rings. The fourth-order valence-electron chi connectivity index (χ4n) is 6.11. The van der Waals surface area contributed by atoms with E-state index in [9.17, 15) is 21.6 Å². The zero-order chi connectivity index (χ0) is 33.2. The van der Waals surface area contributed by atoms with Gasteiger partial charge in [0, 0.05) is 43.3 Å². The number of pyridine rings is 1. The summed E-state index contributed by atoms with van der Waals surface area (Å²) in [6.07, 6.45) is 5.65. The average molecular weight is 697 g/mol. The van der Waals surface area contributed by atoms with Gasteiger partial charge in [0.2, 0.25) is 15.9 Å². The number of piperidine rings is 1. The largest absolute Gasteiger partial charge is 0.382 e. The first-order chi connectivity index (χ1) is 21.7. The van der Waals surface area contributed by atoms with Crippen LogP contribution in [0.1, 0.15) is 12.8 Å². The lowest BCUT2D eigenvalue weighted by molar-refractivity contribution is -0.198. The summed E-state index contributed by atoms with van der Waals surface area (Å²) in [5.74, 6) is -0.295. The van der Waals surface area contributed by atoms with Gasteiger partial charge in [-0.25, -0.2) is 8.42 Å². The highest BCUT2D eigenvalue weighted by atomic mass is 35.5. The first kappa shape index (κ1) is 34.4. The molecule has 1 N–H and O–H groups in total. The Morgan fingerprint density at radius 3 is 2.30 bits per heavy atom. The van der Waals surface area contributed by atoms with E-state index in [1.165, 1.54) is 4.31 Å². The maximum absolute atomic E-state index is 13.9. The van der Waals surface area contributed by atoms with Crippen LogP contribution in [0.3, 0.4) is 0 Å². The number of methoxy groups -OCH3 is 1. The molecule has 1 atom stereocenters. The van der Waals surface area contributed by atoms with Gasteiger partial charge in [-0.2, -0.15) is 12.7 Å². The van der Waals surface area contributed by atoms with E-state index in [1.807, 2.05) is 12.1 Å². The quantitative estimate of drug-likeness (QED) is 0.273. The zero-order valence-electron chi connectivity index (χ0n) is 25.5. The van der Waals surface area contributed by atoms with Crippen molar-refractivity contribution in [3.63, 3.8) is 0 Å². The summed E-state index contributed by atoms with van der Waals surface area (Å²) in [6, 6.07) is 14.2. The lowest BCUT2D eigenvalue weighted by Crippen LogP contribution is -2.65. The predicted octanol–water partition coefficient (Wildman–Crippen LogP) is 2.65. The van der Waals surface area contributed by atoms with Crippen molar-refractivity contribution in [2.75, 3.05) is 70.8 Å². The Bertz CT molecular complexity index is 1760. The number of nitrogens with zero attached hydrogens (tertiary/aromatic N) is 4.